The minimum absolute atomic E-state index is 0.558. The Morgan fingerprint density at radius 1 is 0.857 bits per heavy atom. The monoisotopic (exact) mass is 218 g/mol. The number of hydrogen-bond acceptors (Lipinski definition) is 3. The van der Waals surface area contributed by atoms with E-state index < -0.39 is 0 Å². The first-order valence-electron chi connectivity index (χ1n) is 5.35. The highest BCUT2D eigenvalue weighted by atomic mass is 28.2. The summed E-state index contributed by atoms with van der Waals surface area (Å²) in [7, 11) is 0.558. The number of ether oxygens (including phenoxy) is 2. The first kappa shape index (κ1) is 14.1. The van der Waals surface area contributed by atoms with Crippen molar-refractivity contribution in [2.75, 3.05) is 33.0 Å². The topological polar surface area (TPSA) is 27.7 Å². The summed E-state index contributed by atoms with van der Waals surface area (Å²) in [5, 5.41) is 0. The molecule has 0 aliphatic rings. The van der Waals surface area contributed by atoms with Crippen LogP contribution in [0.4, 0.5) is 0 Å². The van der Waals surface area contributed by atoms with Crippen LogP contribution in [-0.2, 0) is 13.9 Å². The Morgan fingerprint density at radius 3 is 2.14 bits per heavy atom. The van der Waals surface area contributed by atoms with Gasteiger partial charge in [0, 0.05) is 6.61 Å². The summed E-state index contributed by atoms with van der Waals surface area (Å²) in [6.07, 6.45) is 3.66. The second kappa shape index (κ2) is 13.1. The normalized spacial score (nSPS) is 10.7. The average molecular weight is 218 g/mol. The standard InChI is InChI=1S/C10H22O3Si/c1-3-4-5-6-11-7-8-12-9-10-13-14-2/h3-10H2,1-2H3. The first-order valence-corrected chi connectivity index (χ1v) is 6.76. The van der Waals surface area contributed by atoms with Crippen molar-refractivity contribution in [3.8, 4) is 0 Å². The molecular formula is C10H22O3Si. The van der Waals surface area contributed by atoms with Crippen LogP contribution < -0.4 is 0 Å². The molecule has 0 saturated heterocycles. The SMILES string of the molecule is CCCCCOCCOCCO[Si]C. The van der Waals surface area contributed by atoms with Gasteiger partial charge >= 0.3 is 0 Å². The van der Waals surface area contributed by atoms with Crippen LogP contribution in [0.15, 0.2) is 0 Å². The molecule has 0 spiro atoms. The van der Waals surface area contributed by atoms with E-state index in [1.165, 1.54) is 12.8 Å². The Bertz CT molecular complexity index is 89.4. The van der Waals surface area contributed by atoms with Gasteiger partial charge in [-0.2, -0.15) is 0 Å². The van der Waals surface area contributed by atoms with Gasteiger partial charge in [0.25, 0.3) is 0 Å². The molecule has 0 heterocycles. The second-order valence-corrected chi connectivity index (χ2v) is 3.68. The molecule has 0 N–H and O–H groups in total. The van der Waals surface area contributed by atoms with Crippen LogP contribution in [0.1, 0.15) is 26.2 Å². The smallest absolute Gasteiger partial charge is 0.226 e. The van der Waals surface area contributed by atoms with Gasteiger partial charge in [-0.3, -0.25) is 0 Å². The Labute approximate surface area is 90.1 Å². The Morgan fingerprint density at radius 2 is 1.50 bits per heavy atom. The molecule has 0 unspecified atom stereocenters. The van der Waals surface area contributed by atoms with E-state index in [1.54, 1.807) is 0 Å². The summed E-state index contributed by atoms with van der Waals surface area (Å²) in [6.45, 7) is 7.84. The van der Waals surface area contributed by atoms with E-state index in [0.29, 0.717) is 36.2 Å². The number of unbranched alkanes of at least 4 members (excludes halogenated alkanes) is 2. The molecule has 0 fully saturated rings. The maximum absolute atomic E-state index is 5.38. The summed E-state index contributed by atoms with van der Waals surface area (Å²) in [4.78, 5) is 0. The second-order valence-electron chi connectivity index (χ2n) is 2.98. The van der Waals surface area contributed by atoms with E-state index >= 15 is 0 Å². The van der Waals surface area contributed by atoms with E-state index in [9.17, 15) is 0 Å². The molecule has 0 aromatic carbocycles. The van der Waals surface area contributed by atoms with Crippen molar-refractivity contribution < 1.29 is 13.9 Å². The first-order chi connectivity index (χ1) is 6.91. The Hall–Kier alpha value is 0.0969. The number of hydrogen-bond donors (Lipinski definition) is 0. The molecule has 0 saturated carbocycles. The van der Waals surface area contributed by atoms with Gasteiger partial charge in [0.1, 0.15) is 0 Å². The third-order valence-corrected chi connectivity index (χ3v) is 2.23. The third-order valence-electron chi connectivity index (χ3n) is 1.74. The van der Waals surface area contributed by atoms with Crippen molar-refractivity contribution in [3.05, 3.63) is 0 Å². The van der Waals surface area contributed by atoms with Gasteiger partial charge < -0.3 is 13.9 Å². The molecule has 0 aliphatic heterocycles. The fourth-order valence-electron chi connectivity index (χ4n) is 0.979. The third kappa shape index (κ3) is 12.1. The predicted molar refractivity (Wildman–Crippen MR) is 58.7 cm³/mol. The summed E-state index contributed by atoms with van der Waals surface area (Å²) in [5.41, 5.74) is 0. The van der Waals surface area contributed by atoms with E-state index in [0.717, 1.165) is 13.0 Å². The van der Waals surface area contributed by atoms with E-state index in [4.69, 9.17) is 13.9 Å². The largest absolute Gasteiger partial charge is 0.415 e. The lowest BCUT2D eigenvalue weighted by Crippen LogP contribution is -2.10. The Balaban J connectivity index is 2.78. The lowest BCUT2D eigenvalue weighted by molar-refractivity contribution is 0.0358. The molecule has 0 atom stereocenters. The quantitative estimate of drug-likeness (QED) is 0.391. The molecular weight excluding hydrogens is 196 g/mol. The van der Waals surface area contributed by atoms with Gasteiger partial charge in [0.05, 0.1) is 26.4 Å². The van der Waals surface area contributed by atoms with E-state index in [-0.39, 0.29) is 0 Å². The molecule has 0 aromatic heterocycles. The fourth-order valence-corrected chi connectivity index (χ4v) is 1.27. The molecule has 3 nitrogen and oxygen atoms in total. The molecule has 0 bridgehead atoms. The van der Waals surface area contributed by atoms with Crippen molar-refractivity contribution in [1.82, 2.24) is 0 Å². The van der Waals surface area contributed by atoms with Crippen LogP contribution >= 0.6 is 0 Å². The van der Waals surface area contributed by atoms with Gasteiger partial charge in [0.2, 0.25) is 9.76 Å². The van der Waals surface area contributed by atoms with Crippen LogP contribution in [0.2, 0.25) is 6.55 Å². The van der Waals surface area contributed by atoms with Crippen LogP contribution in [0.5, 0.6) is 0 Å². The van der Waals surface area contributed by atoms with Crippen molar-refractivity contribution >= 4 is 9.76 Å². The molecule has 14 heavy (non-hydrogen) atoms. The number of rotatable bonds is 11. The molecule has 0 amide bonds. The lowest BCUT2D eigenvalue weighted by Gasteiger charge is -2.05. The fraction of sp³-hybridized carbons (Fsp3) is 1.00. The minimum Gasteiger partial charge on any atom is -0.415 e. The zero-order valence-corrected chi connectivity index (χ0v) is 10.4. The van der Waals surface area contributed by atoms with Crippen LogP contribution in [0.3, 0.4) is 0 Å². The predicted octanol–water partition coefficient (Wildman–Crippen LogP) is 1.89. The lowest BCUT2D eigenvalue weighted by atomic mass is 10.3. The highest BCUT2D eigenvalue weighted by Gasteiger charge is 1.90. The van der Waals surface area contributed by atoms with Crippen LogP contribution in [0, 0.1) is 0 Å². The van der Waals surface area contributed by atoms with Gasteiger partial charge in [-0.25, -0.2) is 0 Å². The molecule has 0 aliphatic carbocycles. The Kier molecular flexibility index (Phi) is 13.2. The van der Waals surface area contributed by atoms with Gasteiger partial charge in [0.15, 0.2) is 0 Å². The minimum atomic E-state index is 0.558. The van der Waals surface area contributed by atoms with Crippen LogP contribution in [0.25, 0.3) is 0 Å². The zero-order valence-electron chi connectivity index (χ0n) is 9.38. The summed E-state index contributed by atoms with van der Waals surface area (Å²) >= 11 is 0. The maximum Gasteiger partial charge on any atom is 0.226 e. The highest BCUT2D eigenvalue weighted by Crippen LogP contribution is 1.93. The van der Waals surface area contributed by atoms with Crippen molar-refractivity contribution in [2.45, 2.75) is 32.7 Å². The van der Waals surface area contributed by atoms with Gasteiger partial charge in [-0.05, 0) is 13.0 Å². The molecule has 2 radical (unpaired) electrons. The maximum atomic E-state index is 5.38. The van der Waals surface area contributed by atoms with Gasteiger partial charge in [-0.1, -0.05) is 19.8 Å². The van der Waals surface area contributed by atoms with E-state index in [2.05, 4.69) is 6.92 Å². The summed E-state index contributed by atoms with van der Waals surface area (Å²) in [5.74, 6) is 0. The molecule has 4 heteroatoms. The van der Waals surface area contributed by atoms with Crippen molar-refractivity contribution in [2.24, 2.45) is 0 Å². The zero-order chi connectivity index (χ0) is 10.5. The van der Waals surface area contributed by atoms with Crippen molar-refractivity contribution in [3.63, 3.8) is 0 Å². The summed E-state index contributed by atoms with van der Waals surface area (Å²) in [6, 6.07) is 0. The molecule has 0 rings (SSSR count). The molecule has 84 valence electrons. The average Bonchev–Trinajstić information content (AvgIpc) is 2.21. The highest BCUT2D eigenvalue weighted by molar-refractivity contribution is 6.24. The van der Waals surface area contributed by atoms with E-state index in [1.807, 2.05) is 6.55 Å². The van der Waals surface area contributed by atoms with Crippen molar-refractivity contribution in [1.29, 1.82) is 0 Å². The van der Waals surface area contributed by atoms with Gasteiger partial charge in [-0.15, -0.1) is 0 Å². The van der Waals surface area contributed by atoms with Crippen LogP contribution in [-0.4, -0.2) is 42.8 Å². The summed E-state index contributed by atoms with van der Waals surface area (Å²) < 4.78 is 15.8. The molecule has 0 aromatic rings.